The molecule has 3 nitrogen and oxygen atoms in total. The molecule has 1 aliphatic heterocycles. The van der Waals surface area contributed by atoms with E-state index in [1.807, 2.05) is 35.2 Å². The predicted molar refractivity (Wildman–Crippen MR) is 82.0 cm³/mol. The number of hydrazone groups is 1. The zero-order valence-corrected chi connectivity index (χ0v) is 12.4. The molecule has 0 fully saturated rings. The number of halogens is 1. The molecule has 1 amide bonds. The molecule has 0 spiro atoms. The summed E-state index contributed by atoms with van der Waals surface area (Å²) in [7, 11) is 0. The van der Waals surface area contributed by atoms with Crippen LogP contribution in [0.4, 0.5) is 0 Å². The van der Waals surface area contributed by atoms with E-state index in [0.717, 1.165) is 23.0 Å². The monoisotopic (exact) mass is 329 g/mol. The van der Waals surface area contributed by atoms with Crippen molar-refractivity contribution >= 4 is 28.1 Å². The van der Waals surface area contributed by atoms with Crippen LogP contribution in [0.25, 0.3) is 0 Å². The Hall–Kier alpha value is -1.94. The lowest BCUT2D eigenvalue weighted by Gasteiger charge is -2.11. The topological polar surface area (TPSA) is 32.1 Å². The number of hydrogen-bond donors (Lipinski definition) is 1. The first kappa shape index (κ1) is 13.1. The van der Waals surface area contributed by atoms with Crippen molar-refractivity contribution in [2.75, 3.05) is 6.54 Å². The number of benzene rings is 2. The van der Waals surface area contributed by atoms with Gasteiger partial charge in [-0.05, 0) is 35.9 Å². The molecule has 0 saturated heterocycles. The Morgan fingerprint density at radius 3 is 2.65 bits per heavy atom. The van der Waals surface area contributed by atoms with Crippen LogP contribution in [0.5, 0.6) is 0 Å². The summed E-state index contributed by atoms with van der Waals surface area (Å²) >= 11 is 3.36. The fourth-order valence-electron chi connectivity index (χ4n) is 2.25. The Balaban J connectivity index is 1.77. The first-order valence-electron chi connectivity index (χ1n) is 6.48. The third-order valence-electron chi connectivity index (χ3n) is 3.32. The van der Waals surface area contributed by atoms with Crippen LogP contribution in [-0.2, 0) is 6.42 Å². The van der Waals surface area contributed by atoms with E-state index in [9.17, 15) is 4.79 Å². The zero-order valence-electron chi connectivity index (χ0n) is 10.8. The van der Waals surface area contributed by atoms with Crippen LogP contribution in [-0.4, -0.2) is 23.4 Å². The normalized spacial score (nSPS) is 13.3. The van der Waals surface area contributed by atoms with E-state index in [0.29, 0.717) is 5.56 Å². The predicted octanol–water partition coefficient (Wildman–Crippen LogP) is 2.78. The summed E-state index contributed by atoms with van der Waals surface area (Å²) < 4.78 is 2.82. The van der Waals surface area contributed by atoms with Crippen LogP contribution in [0.2, 0.25) is 0 Å². The standard InChI is InChI=1S/C16H13BrN2O/c17-15-7-5-13(6-8-15)16(20)18-19-10-9-12-3-1-2-4-14(12)11-19/h1-8,11H,9-10H2/p+1. The van der Waals surface area contributed by atoms with Crippen molar-refractivity contribution in [3.8, 4) is 0 Å². The van der Waals surface area contributed by atoms with Gasteiger partial charge in [-0.25, -0.2) is 0 Å². The molecule has 1 heterocycles. The molecule has 0 unspecified atom stereocenters. The number of nitrogens with one attached hydrogen (secondary N) is 1. The highest BCUT2D eigenvalue weighted by Gasteiger charge is 2.18. The van der Waals surface area contributed by atoms with Crippen LogP contribution < -0.4 is 5.43 Å². The van der Waals surface area contributed by atoms with Crippen LogP contribution in [0.15, 0.2) is 53.0 Å². The van der Waals surface area contributed by atoms with Crippen molar-refractivity contribution in [2.45, 2.75) is 6.42 Å². The Morgan fingerprint density at radius 2 is 1.85 bits per heavy atom. The number of hydrazine groups is 1. The second-order valence-corrected chi connectivity index (χ2v) is 5.63. The summed E-state index contributed by atoms with van der Waals surface area (Å²) in [6.45, 7) is 0.791. The molecule has 0 saturated carbocycles. The van der Waals surface area contributed by atoms with E-state index in [1.54, 1.807) is 12.1 Å². The lowest BCUT2D eigenvalue weighted by Crippen LogP contribution is -2.38. The molecule has 100 valence electrons. The Kier molecular flexibility index (Phi) is 3.65. The Morgan fingerprint density at radius 1 is 1.10 bits per heavy atom. The highest BCUT2D eigenvalue weighted by Crippen LogP contribution is 2.12. The molecule has 1 aliphatic rings. The number of amides is 1. The van der Waals surface area contributed by atoms with Crippen LogP contribution in [0.3, 0.4) is 0 Å². The molecule has 0 aromatic heterocycles. The lowest BCUT2D eigenvalue weighted by atomic mass is 10.0. The molecular formula is C16H14BrN2O+. The van der Waals surface area contributed by atoms with Gasteiger partial charge < -0.3 is 0 Å². The van der Waals surface area contributed by atoms with Crippen LogP contribution in [0, 0.1) is 0 Å². The van der Waals surface area contributed by atoms with Gasteiger partial charge in [0.2, 0.25) is 6.21 Å². The van der Waals surface area contributed by atoms with Gasteiger partial charge in [0.1, 0.15) is 0 Å². The molecular weight excluding hydrogens is 316 g/mol. The number of carbonyl (C=O) groups is 1. The molecule has 4 heteroatoms. The van der Waals surface area contributed by atoms with E-state index in [1.165, 1.54) is 5.56 Å². The smallest absolute Gasteiger partial charge is 0.264 e. The van der Waals surface area contributed by atoms with Crippen molar-refractivity contribution in [2.24, 2.45) is 0 Å². The van der Waals surface area contributed by atoms with Crippen molar-refractivity contribution in [3.63, 3.8) is 0 Å². The number of nitrogens with zero attached hydrogens (tertiary/aromatic N) is 1. The first-order chi connectivity index (χ1) is 9.72. The second-order valence-electron chi connectivity index (χ2n) is 4.72. The fraction of sp³-hybridized carbons (Fsp3) is 0.125. The number of carbonyl (C=O) groups excluding carboxylic acids is 1. The quantitative estimate of drug-likeness (QED) is 0.844. The summed E-state index contributed by atoms with van der Waals surface area (Å²) in [5, 5.41) is 0. The van der Waals surface area contributed by atoms with Crippen LogP contribution >= 0.6 is 15.9 Å². The van der Waals surface area contributed by atoms with Gasteiger partial charge in [-0.3, -0.25) is 4.79 Å². The van der Waals surface area contributed by atoms with Gasteiger partial charge in [-0.1, -0.05) is 34.1 Å². The Bertz CT molecular complexity index is 677. The molecule has 0 aliphatic carbocycles. The van der Waals surface area contributed by atoms with Crippen molar-refractivity contribution in [3.05, 3.63) is 69.7 Å². The van der Waals surface area contributed by atoms with Gasteiger partial charge in [0.05, 0.1) is 0 Å². The molecule has 0 radical (unpaired) electrons. The highest BCUT2D eigenvalue weighted by molar-refractivity contribution is 9.10. The van der Waals surface area contributed by atoms with E-state index >= 15 is 0 Å². The summed E-state index contributed by atoms with van der Waals surface area (Å²) in [5.74, 6) is -0.0897. The zero-order chi connectivity index (χ0) is 13.9. The summed E-state index contributed by atoms with van der Waals surface area (Å²) in [4.78, 5) is 12.1. The summed E-state index contributed by atoms with van der Waals surface area (Å²) in [5.41, 5.74) is 6.06. The van der Waals surface area contributed by atoms with E-state index in [4.69, 9.17) is 0 Å². The molecule has 20 heavy (non-hydrogen) atoms. The minimum Gasteiger partial charge on any atom is -0.264 e. The lowest BCUT2D eigenvalue weighted by molar-refractivity contribution is -0.568. The van der Waals surface area contributed by atoms with Crippen LogP contribution in [0.1, 0.15) is 21.5 Å². The van der Waals surface area contributed by atoms with Gasteiger partial charge in [-0.2, -0.15) is 0 Å². The van der Waals surface area contributed by atoms with Crippen molar-refractivity contribution in [1.82, 2.24) is 5.43 Å². The number of rotatable bonds is 2. The van der Waals surface area contributed by atoms with E-state index in [-0.39, 0.29) is 5.91 Å². The third-order valence-corrected chi connectivity index (χ3v) is 3.85. The molecule has 0 bridgehead atoms. The van der Waals surface area contributed by atoms with Gasteiger partial charge >= 0.3 is 5.91 Å². The first-order valence-corrected chi connectivity index (χ1v) is 7.28. The van der Waals surface area contributed by atoms with Gasteiger partial charge in [0, 0.05) is 22.0 Å². The Labute approximate surface area is 126 Å². The summed E-state index contributed by atoms with van der Waals surface area (Å²) in [6, 6.07) is 15.6. The maximum atomic E-state index is 12.1. The second kappa shape index (κ2) is 5.59. The maximum Gasteiger partial charge on any atom is 0.304 e. The van der Waals surface area contributed by atoms with E-state index < -0.39 is 0 Å². The van der Waals surface area contributed by atoms with Gasteiger partial charge in [0.15, 0.2) is 6.54 Å². The average molecular weight is 330 g/mol. The van der Waals surface area contributed by atoms with Gasteiger partial charge in [-0.15, -0.1) is 10.1 Å². The molecule has 2 aromatic carbocycles. The number of hydrogen-bond acceptors (Lipinski definition) is 1. The van der Waals surface area contributed by atoms with Gasteiger partial charge in [0.25, 0.3) is 0 Å². The average Bonchev–Trinajstić information content (AvgIpc) is 2.48. The molecule has 2 aromatic rings. The minimum absolute atomic E-state index is 0.0897. The van der Waals surface area contributed by atoms with E-state index in [2.05, 4.69) is 33.5 Å². The SMILES string of the molecule is O=C(N[N+]1=Cc2ccccc2CC1)c1ccc(Br)cc1. The summed E-state index contributed by atoms with van der Waals surface area (Å²) in [6.07, 6.45) is 2.92. The van der Waals surface area contributed by atoms with Crippen molar-refractivity contribution in [1.29, 1.82) is 0 Å². The minimum atomic E-state index is -0.0897. The largest absolute Gasteiger partial charge is 0.304 e. The number of fused-ring (bicyclic) bond motifs is 1. The van der Waals surface area contributed by atoms with Crippen molar-refractivity contribution < 1.29 is 9.48 Å². The molecule has 0 atom stereocenters. The maximum absolute atomic E-state index is 12.1. The highest BCUT2D eigenvalue weighted by atomic mass is 79.9. The third kappa shape index (κ3) is 2.80. The molecule has 3 rings (SSSR count). The fourth-order valence-corrected chi connectivity index (χ4v) is 2.51. The molecule has 1 N–H and O–H groups in total.